The molecule has 0 bridgehead atoms. The second kappa shape index (κ2) is 3.96. The van der Waals surface area contributed by atoms with E-state index in [0.29, 0.717) is 10.6 Å². The van der Waals surface area contributed by atoms with Gasteiger partial charge in [0.1, 0.15) is 0 Å². The molecule has 6 heteroatoms. The number of nitrogens with two attached hydrogens (primary N) is 1. The van der Waals surface area contributed by atoms with Crippen LogP contribution in [0.2, 0.25) is 5.02 Å². The largest absolute Gasteiger partial charge is 0.228 e. The summed E-state index contributed by atoms with van der Waals surface area (Å²) in [6.45, 7) is 0. The summed E-state index contributed by atoms with van der Waals surface area (Å²) >= 11 is 8.96. The molecule has 0 radical (unpaired) electrons. The molecule has 1 rings (SSSR count). The average molecular weight is 285 g/mol. The summed E-state index contributed by atoms with van der Waals surface area (Å²) < 4.78 is 22.2. The number of benzene rings is 1. The first-order valence-electron chi connectivity index (χ1n) is 3.33. The zero-order valence-corrected chi connectivity index (χ0v) is 9.66. The molecule has 0 heterocycles. The van der Waals surface area contributed by atoms with Crippen LogP contribution in [0, 0.1) is 0 Å². The van der Waals surface area contributed by atoms with Crippen molar-refractivity contribution in [3.8, 4) is 0 Å². The van der Waals surface area contributed by atoms with Crippen LogP contribution < -0.4 is 5.14 Å². The summed E-state index contributed by atoms with van der Waals surface area (Å²) in [6, 6.07) is 4.90. The molecule has 3 nitrogen and oxygen atoms in total. The molecule has 1 aromatic carbocycles. The average Bonchev–Trinajstić information content (AvgIpc) is 1.94. The Balaban J connectivity index is 2.99. The van der Waals surface area contributed by atoms with Crippen LogP contribution in [0.15, 0.2) is 22.7 Å². The van der Waals surface area contributed by atoms with Gasteiger partial charge in [-0.15, -0.1) is 0 Å². The highest BCUT2D eigenvalue weighted by atomic mass is 79.9. The lowest BCUT2D eigenvalue weighted by Crippen LogP contribution is -2.14. The minimum atomic E-state index is -3.48. The van der Waals surface area contributed by atoms with E-state index in [-0.39, 0.29) is 5.75 Å². The van der Waals surface area contributed by atoms with Gasteiger partial charge < -0.3 is 0 Å². The van der Waals surface area contributed by atoms with E-state index in [1.54, 1.807) is 18.2 Å². The zero-order chi connectivity index (χ0) is 10.1. The van der Waals surface area contributed by atoms with Crippen molar-refractivity contribution in [3.05, 3.63) is 33.3 Å². The first kappa shape index (κ1) is 11.0. The smallest absolute Gasteiger partial charge is 0.213 e. The van der Waals surface area contributed by atoms with Gasteiger partial charge in [-0.1, -0.05) is 17.7 Å². The van der Waals surface area contributed by atoms with Crippen LogP contribution >= 0.6 is 27.5 Å². The third-order valence-corrected chi connectivity index (χ3v) is 3.32. The molecule has 0 atom stereocenters. The highest BCUT2D eigenvalue weighted by Gasteiger charge is 2.06. The van der Waals surface area contributed by atoms with Crippen molar-refractivity contribution in [1.82, 2.24) is 0 Å². The molecule has 0 saturated carbocycles. The Labute approximate surface area is 90.1 Å². The van der Waals surface area contributed by atoms with E-state index < -0.39 is 10.0 Å². The molecule has 0 fully saturated rings. The first-order chi connectivity index (χ1) is 5.88. The van der Waals surface area contributed by atoms with Gasteiger partial charge in [0.05, 0.1) is 10.8 Å². The van der Waals surface area contributed by atoms with E-state index in [9.17, 15) is 8.42 Å². The molecule has 0 aromatic heterocycles. The molecule has 1 aromatic rings. The summed E-state index contributed by atoms with van der Waals surface area (Å²) in [7, 11) is -3.48. The second-order valence-corrected chi connectivity index (χ2v) is 5.43. The minimum Gasteiger partial charge on any atom is -0.228 e. The Bertz CT molecular complexity index is 419. The van der Waals surface area contributed by atoms with Crippen molar-refractivity contribution >= 4 is 37.6 Å². The van der Waals surface area contributed by atoms with Gasteiger partial charge in [-0.2, -0.15) is 0 Å². The first-order valence-corrected chi connectivity index (χ1v) is 6.21. The van der Waals surface area contributed by atoms with E-state index in [2.05, 4.69) is 15.9 Å². The van der Waals surface area contributed by atoms with Crippen molar-refractivity contribution in [3.63, 3.8) is 0 Å². The van der Waals surface area contributed by atoms with Gasteiger partial charge in [0.15, 0.2) is 0 Å². The van der Waals surface area contributed by atoms with Gasteiger partial charge in [0.2, 0.25) is 10.0 Å². The zero-order valence-electron chi connectivity index (χ0n) is 6.50. The number of sulfonamides is 1. The van der Waals surface area contributed by atoms with Gasteiger partial charge in [0.25, 0.3) is 0 Å². The Kier molecular flexibility index (Phi) is 3.34. The maximum atomic E-state index is 10.7. The lowest BCUT2D eigenvalue weighted by Gasteiger charge is -2.01. The Hall–Kier alpha value is -0.100. The molecule has 2 N–H and O–H groups in total. The molecule has 0 aliphatic rings. The molecular formula is C7H7BrClNO2S. The fourth-order valence-electron chi connectivity index (χ4n) is 0.862. The predicted octanol–water partition coefficient (Wildman–Crippen LogP) is 1.89. The van der Waals surface area contributed by atoms with E-state index >= 15 is 0 Å². The van der Waals surface area contributed by atoms with Crippen LogP contribution in [-0.4, -0.2) is 8.42 Å². The van der Waals surface area contributed by atoms with Crippen molar-refractivity contribution in [2.45, 2.75) is 5.75 Å². The number of rotatable bonds is 2. The van der Waals surface area contributed by atoms with Gasteiger partial charge in [0, 0.05) is 4.47 Å². The summed E-state index contributed by atoms with van der Waals surface area (Å²) in [5.74, 6) is -0.194. The van der Waals surface area contributed by atoms with Crippen LogP contribution in [-0.2, 0) is 15.8 Å². The van der Waals surface area contributed by atoms with Crippen molar-refractivity contribution in [2.24, 2.45) is 5.14 Å². The topological polar surface area (TPSA) is 60.2 Å². The monoisotopic (exact) mass is 283 g/mol. The van der Waals surface area contributed by atoms with E-state index in [0.717, 1.165) is 4.47 Å². The van der Waals surface area contributed by atoms with Crippen LogP contribution in [0.3, 0.4) is 0 Å². The highest BCUT2D eigenvalue weighted by Crippen LogP contribution is 2.23. The summed E-state index contributed by atoms with van der Waals surface area (Å²) in [4.78, 5) is 0. The number of halogens is 2. The fourth-order valence-corrected chi connectivity index (χ4v) is 1.96. The third kappa shape index (κ3) is 3.64. The normalized spacial score (nSPS) is 11.6. The summed E-state index contributed by atoms with van der Waals surface area (Å²) in [6.07, 6.45) is 0. The highest BCUT2D eigenvalue weighted by molar-refractivity contribution is 9.10. The predicted molar refractivity (Wildman–Crippen MR) is 56.0 cm³/mol. The van der Waals surface area contributed by atoms with Gasteiger partial charge in [-0.05, 0) is 33.6 Å². The molecule has 0 saturated heterocycles. The van der Waals surface area contributed by atoms with Crippen molar-refractivity contribution in [1.29, 1.82) is 0 Å². The molecule has 0 spiro atoms. The number of hydrogen-bond acceptors (Lipinski definition) is 2. The lowest BCUT2D eigenvalue weighted by atomic mass is 10.2. The Morgan fingerprint density at radius 2 is 2.08 bits per heavy atom. The van der Waals surface area contributed by atoms with Gasteiger partial charge >= 0.3 is 0 Å². The molecular weight excluding hydrogens is 278 g/mol. The SMILES string of the molecule is NS(=O)(=O)Cc1ccc(Br)c(Cl)c1. The van der Waals surface area contributed by atoms with E-state index in [1.165, 1.54) is 0 Å². The molecule has 0 aliphatic heterocycles. The van der Waals surface area contributed by atoms with Crippen molar-refractivity contribution in [2.75, 3.05) is 0 Å². The molecule has 72 valence electrons. The van der Waals surface area contributed by atoms with Crippen LogP contribution in [0.25, 0.3) is 0 Å². The molecule has 0 aliphatic carbocycles. The van der Waals surface area contributed by atoms with E-state index in [4.69, 9.17) is 16.7 Å². The summed E-state index contributed by atoms with van der Waals surface area (Å²) in [5, 5.41) is 5.35. The van der Waals surface area contributed by atoms with Crippen LogP contribution in [0.4, 0.5) is 0 Å². The number of primary sulfonamides is 1. The fraction of sp³-hybridized carbons (Fsp3) is 0.143. The maximum absolute atomic E-state index is 10.7. The van der Waals surface area contributed by atoms with Gasteiger partial charge in [-0.25, -0.2) is 13.6 Å². The quantitative estimate of drug-likeness (QED) is 0.901. The maximum Gasteiger partial charge on any atom is 0.213 e. The van der Waals surface area contributed by atoms with Crippen LogP contribution in [0.1, 0.15) is 5.56 Å². The second-order valence-electron chi connectivity index (χ2n) is 2.56. The lowest BCUT2D eigenvalue weighted by molar-refractivity contribution is 0.597. The Morgan fingerprint density at radius 1 is 1.46 bits per heavy atom. The molecule has 0 amide bonds. The van der Waals surface area contributed by atoms with Gasteiger partial charge in [-0.3, -0.25) is 0 Å². The standard InChI is InChI=1S/C7H7BrClNO2S/c8-6-2-1-5(3-7(6)9)4-13(10,11)12/h1-3H,4H2,(H2,10,11,12). The van der Waals surface area contributed by atoms with E-state index in [1.807, 2.05) is 0 Å². The minimum absolute atomic E-state index is 0.194. The third-order valence-electron chi connectivity index (χ3n) is 1.35. The molecule has 13 heavy (non-hydrogen) atoms. The van der Waals surface area contributed by atoms with Crippen molar-refractivity contribution < 1.29 is 8.42 Å². The Morgan fingerprint density at radius 3 is 2.54 bits per heavy atom. The number of hydrogen-bond donors (Lipinski definition) is 1. The molecule has 0 unspecified atom stereocenters. The van der Waals surface area contributed by atoms with Crippen LogP contribution in [0.5, 0.6) is 0 Å². The summed E-state index contributed by atoms with van der Waals surface area (Å²) in [5.41, 5.74) is 0.579.